The van der Waals surface area contributed by atoms with E-state index in [9.17, 15) is 0 Å². The van der Waals surface area contributed by atoms with Gasteiger partial charge in [0.05, 0.1) is 12.8 Å². The van der Waals surface area contributed by atoms with Crippen molar-refractivity contribution in [3.05, 3.63) is 46.1 Å². The Bertz CT molecular complexity index is 780. The molecule has 28 heavy (non-hydrogen) atoms. The van der Waals surface area contributed by atoms with Gasteiger partial charge >= 0.3 is 0 Å². The Morgan fingerprint density at radius 3 is 2.50 bits per heavy atom. The van der Waals surface area contributed by atoms with Gasteiger partial charge in [-0.3, -0.25) is 0 Å². The van der Waals surface area contributed by atoms with Gasteiger partial charge in [-0.15, -0.1) is 10.2 Å². The summed E-state index contributed by atoms with van der Waals surface area (Å²) in [5.41, 5.74) is 3.25. The molecule has 3 rings (SSSR count). The van der Waals surface area contributed by atoms with Gasteiger partial charge in [0.15, 0.2) is 11.0 Å². The number of nitrogens with zero attached hydrogens (tertiary/aromatic N) is 4. The molecule has 150 valence electrons. The number of rotatable bonds is 7. The molecule has 0 unspecified atom stereocenters. The third kappa shape index (κ3) is 5.35. The lowest BCUT2D eigenvalue weighted by Crippen LogP contribution is -2.34. The SMILES string of the molecule is CON=Cc1cc(C)c(OCCC2CCN(c3ccc(Cl)nn3)CC2)c(C)c1. The van der Waals surface area contributed by atoms with E-state index in [1.807, 2.05) is 6.07 Å². The Morgan fingerprint density at radius 1 is 1.18 bits per heavy atom. The second-order valence-electron chi connectivity index (χ2n) is 7.18. The van der Waals surface area contributed by atoms with Crippen molar-refractivity contribution in [3.63, 3.8) is 0 Å². The topological polar surface area (TPSA) is 59.8 Å². The molecule has 1 aliphatic heterocycles. The molecular formula is C21H27ClN4O2. The maximum absolute atomic E-state index is 6.13. The third-order valence-electron chi connectivity index (χ3n) is 5.12. The lowest BCUT2D eigenvalue weighted by atomic mass is 9.94. The van der Waals surface area contributed by atoms with Crippen LogP contribution in [-0.4, -0.2) is 43.2 Å². The molecule has 1 aliphatic rings. The molecule has 0 saturated carbocycles. The van der Waals surface area contributed by atoms with Gasteiger partial charge in [-0.1, -0.05) is 16.8 Å². The molecule has 0 aliphatic carbocycles. The van der Waals surface area contributed by atoms with Crippen LogP contribution in [0.15, 0.2) is 29.4 Å². The maximum atomic E-state index is 6.13. The van der Waals surface area contributed by atoms with Crippen LogP contribution < -0.4 is 9.64 Å². The summed E-state index contributed by atoms with van der Waals surface area (Å²) in [5.74, 6) is 2.55. The van der Waals surface area contributed by atoms with E-state index in [1.165, 1.54) is 0 Å². The summed E-state index contributed by atoms with van der Waals surface area (Å²) < 4.78 is 6.13. The highest BCUT2D eigenvalue weighted by molar-refractivity contribution is 6.29. The van der Waals surface area contributed by atoms with Crippen LogP contribution in [0, 0.1) is 19.8 Å². The van der Waals surface area contributed by atoms with Crippen LogP contribution in [0.5, 0.6) is 5.75 Å². The Balaban J connectivity index is 1.47. The predicted molar refractivity (Wildman–Crippen MR) is 113 cm³/mol. The van der Waals surface area contributed by atoms with Gasteiger partial charge in [0.25, 0.3) is 0 Å². The number of piperidine rings is 1. The largest absolute Gasteiger partial charge is 0.493 e. The zero-order valence-corrected chi connectivity index (χ0v) is 17.4. The molecule has 0 radical (unpaired) electrons. The highest BCUT2D eigenvalue weighted by atomic mass is 35.5. The van der Waals surface area contributed by atoms with Gasteiger partial charge in [0.1, 0.15) is 12.9 Å². The van der Waals surface area contributed by atoms with Crippen molar-refractivity contribution in [2.24, 2.45) is 11.1 Å². The van der Waals surface area contributed by atoms with Gasteiger partial charge in [0, 0.05) is 13.1 Å². The summed E-state index contributed by atoms with van der Waals surface area (Å²) >= 11 is 5.82. The van der Waals surface area contributed by atoms with Crippen molar-refractivity contribution in [2.75, 3.05) is 31.7 Å². The third-order valence-corrected chi connectivity index (χ3v) is 5.32. The molecule has 0 amide bonds. The van der Waals surface area contributed by atoms with Gasteiger partial charge < -0.3 is 14.5 Å². The Labute approximate surface area is 171 Å². The minimum atomic E-state index is 0.431. The predicted octanol–water partition coefficient (Wildman–Crippen LogP) is 4.41. The number of aromatic nitrogens is 2. The minimum absolute atomic E-state index is 0.431. The van der Waals surface area contributed by atoms with Crippen LogP contribution in [0.2, 0.25) is 5.15 Å². The van der Waals surface area contributed by atoms with Crippen molar-refractivity contribution < 1.29 is 9.57 Å². The van der Waals surface area contributed by atoms with Crippen molar-refractivity contribution in [2.45, 2.75) is 33.1 Å². The van der Waals surface area contributed by atoms with Crippen LogP contribution in [0.1, 0.15) is 36.0 Å². The lowest BCUT2D eigenvalue weighted by molar-refractivity contribution is 0.215. The van der Waals surface area contributed by atoms with E-state index in [1.54, 1.807) is 19.4 Å². The van der Waals surface area contributed by atoms with Gasteiger partial charge in [-0.05, 0) is 80.0 Å². The molecule has 1 saturated heterocycles. The van der Waals surface area contributed by atoms with E-state index in [-0.39, 0.29) is 0 Å². The summed E-state index contributed by atoms with van der Waals surface area (Å²) in [5, 5.41) is 12.4. The van der Waals surface area contributed by atoms with Crippen molar-refractivity contribution >= 4 is 23.6 Å². The van der Waals surface area contributed by atoms with E-state index in [4.69, 9.17) is 21.2 Å². The normalized spacial score (nSPS) is 15.2. The molecule has 1 aromatic heterocycles. The fraction of sp³-hybridized carbons (Fsp3) is 0.476. The second kappa shape index (κ2) is 9.73. The first kappa shape index (κ1) is 20.4. The number of ether oxygens (including phenoxy) is 1. The summed E-state index contributed by atoms with van der Waals surface area (Å²) in [6, 6.07) is 7.86. The number of hydrogen-bond acceptors (Lipinski definition) is 6. The first-order valence-corrected chi connectivity index (χ1v) is 9.99. The zero-order chi connectivity index (χ0) is 19.9. The summed E-state index contributed by atoms with van der Waals surface area (Å²) in [6.45, 7) is 6.86. The maximum Gasteiger partial charge on any atom is 0.151 e. The summed E-state index contributed by atoms with van der Waals surface area (Å²) in [4.78, 5) is 7.02. The van der Waals surface area contributed by atoms with Gasteiger partial charge in [-0.25, -0.2) is 0 Å². The average Bonchev–Trinajstić information content (AvgIpc) is 2.69. The Kier molecular flexibility index (Phi) is 7.09. The molecule has 1 fully saturated rings. The molecule has 6 nitrogen and oxygen atoms in total. The van der Waals surface area contributed by atoms with Gasteiger partial charge in [0.2, 0.25) is 0 Å². The number of anilines is 1. The van der Waals surface area contributed by atoms with Crippen LogP contribution >= 0.6 is 11.6 Å². The highest BCUT2D eigenvalue weighted by Gasteiger charge is 2.20. The number of aryl methyl sites for hydroxylation is 2. The first-order valence-electron chi connectivity index (χ1n) is 9.61. The van der Waals surface area contributed by atoms with E-state index < -0.39 is 0 Å². The average molecular weight is 403 g/mol. The molecule has 0 bridgehead atoms. The van der Waals surface area contributed by atoms with Crippen molar-refractivity contribution in [1.29, 1.82) is 0 Å². The first-order chi connectivity index (χ1) is 13.6. The fourth-order valence-electron chi connectivity index (χ4n) is 3.66. The summed E-state index contributed by atoms with van der Waals surface area (Å²) in [6.07, 6.45) is 5.05. The van der Waals surface area contributed by atoms with Crippen molar-refractivity contribution in [1.82, 2.24) is 10.2 Å². The van der Waals surface area contributed by atoms with Crippen LogP contribution in [0.3, 0.4) is 0 Å². The number of halogens is 1. The fourth-order valence-corrected chi connectivity index (χ4v) is 3.76. The number of oxime groups is 1. The number of hydrogen-bond donors (Lipinski definition) is 0. The monoisotopic (exact) mass is 402 g/mol. The van der Waals surface area contributed by atoms with Gasteiger partial charge in [-0.2, -0.15) is 0 Å². The summed E-state index contributed by atoms with van der Waals surface area (Å²) in [7, 11) is 1.54. The molecular weight excluding hydrogens is 376 g/mol. The standard InChI is InChI=1S/C21H27ClN4O2/c1-15-12-18(14-23-27-3)13-16(2)21(15)28-11-8-17-6-9-26(10-7-17)20-5-4-19(22)24-25-20/h4-5,12-14,17H,6-11H2,1-3H3. The second-order valence-corrected chi connectivity index (χ2v) is 7.57. The quantitative estimate of drug-likeness (QED) is 0.507. The molecule has 2 heterocycles. The molecule has 7 heteroatoms. The molecule has 2 aromatic rings. The van der Waals surface area contributed by atoms with Crippen LogP contribution in [0.25, 0.3) is 0 Å². The van der Waals surface area contributed by atoms with E-state index in [0.717, 1.165) is 67.2 Å². The molecule has 1 aromatic carbocycles. The zero-order valence-electron chi connectivity index (χ0n) is 16.7. The van der Waals surface area contributed by atoms with Crippen LogP contribution in [-0.2, 0) is 4.84 Å². The highest BCUT2D eigenvalue weighted by Crippen LogP contribution is 2.27. The Morgan fingerprint density at radius 2 is 1.89 bits per heavy atom. The smallest absolute Gasteiger partial charge is 0.151 e. The Hall–Kier alpha value is -2.34. The van der Waals surface area contributed by atoms with Crippen LogP contribution in [0.4, 0.5) is 5.82 Å². The molecule has 0 atom stereocenters. The van der Waals surface area contributed by atoms with E-state index >= 15 is 0 Å². The van der Waals surface area contributed by atoms with E-state index in [0.29, 0.717) is 11.1 Å². The molecule has 0 spiro atoms. The minimum Gasteiger partial charge on any atom is -0.493 e. The van der Waals surface area contributed by atoms with Crippen molar-refractivity contribution in [3.8, 4) is 5.75 Å². The molecule has 0 N–H and O–H groups in total. The van der Waals surface area contributed by atoms with E-state index in [2.05, 4.69) is 46.2 Å². The lowest BCUT2D eigenvalue weighted by Gasteiger charge is -2.32. The number of benzene rings is 1.